The van der Waals surface area contributed by atoms with E-state index in [9.17, 15) is 9.59 Å². The zero-order valence-electron chi connectivity index (χ0n) is 12.5. The Balaban J connectivity index is 2.17. The maximum absolute atomic E-state index is 11.7. The molecule has 4 nitrogen and oxygen atoms in total. The second kappa shape index (κ2) is 5.95. The van der Waals surface area contributed by atoms with Gasteiger partial charge in [-0.1, -0.05) is 24.3 Å². The molecule has 0 saturated heterocycles. The van der Waals surface area contributed by atoms with E-state index in [4.69, 9.17) is 4.74 Å². The van der Waals surface area contributed by atoms with Crippen molar-refractivity contribution in [2.24, 2.45) is 0 Å². The molecular formula is C17H19NO3. The molecule has 1 N–H and O–H groups in total. The van der Waals surface area contributed by atoms with E-state index in [-0.39, 0.29) is 6.54 Å². The van der Waals surface area contributed by atoms with Crippen LogP contribution in [0.2, 0.25) is 0 Å². The van der Waals surface area contributed by atoms with Crippen molar-refractivity contribution in [1.29, 1.82) is 0 Å². The Morgan fingerprint density at radius 3 is 2.38 bits per heavy atom. The maximum atomic E-state index is 11.7. The number of aldehydes is 1. The summed E-state index contributed by atoms with van der Waals surface area (Å²) in [4.78, 5) is 22.9. The average Bonchev–Trinajstić information content (AvgIpc) is 2.42. The summed E-state index contributed by atoms with van der Waals surface area (Å²) in [6.07, 6.45) is 0.311. The Bertz CT molecular complexity index is 671. The van der Waals surface area contributed by atoms with Gasteiger partial charge < -0.3 is 10.1 Å². The van der Waals surface area contributed by atoms with Gasteiger partial charge in [0.25, 0.3) is 0 Å². The van der Waals surface area contributed by atoms with Crippen LogP contribution in [0.3, 0.4) is 0 Å². The number of hydrogen-bond donors (Lipinski definition) is 1. The van der Waals surface area contributed by atoms with Crippen LogP contribution in [0.1, 0.15) is 36.7 Å². The van der Waals surface area contributed by atoms with Crippen LogP contribution in [0.4, 0.5) is 4.79 Å². The lowest BCUT2D eigenvalue weighted by atomic mass is 10.0. The van der Waals surface area contributed by atoms with Crippen LogP contribution in [0, 0.1) is 0 Å². The average molecular weight is 285 g/mol. The predicted molar refractivity (Wildman–Crippen MR) is 82.4 cm³/mol. The third-order valence-corrected chi connectivity index (χ3v) is 2.96. The predicted octanol–water partition coefficient (Wildman–Crippen LogP) is 3.68. The van der Waals surface area contributed by atoms with Crippen LogP contribution in [-0.2, 0) is 11.3 Å². The van der Waals surface area contributed by atoms with Crippen molar-refractivity contribution in [2.75, 3.05) is 0 Å². The standard InChI is InChI=1S/C17H19NO3/c1-17(2,3)21-16(20)18-10-14-8-12-6-4-5-7-13(12)9-15(14)11-19/h4-9,11H,10H2,1-3H3,(H,18,20). The van der Waals surface area contributed by atoms with Gasteiger partial charge in [-0.2, -0.15) is 0 Å². The van der Waals surface area contributed by atoms with E-state index in [0.29, 0.717) is 5.56 Å². The highest BCUT2D eigenvalue weighted by atomic mass is 16.6. The highest BCUT2D eigenvalue weighted by Gasteiger charge is 2.16. The van der Waals surface area contributed by atoms with Gasteiger partial charge in [0.05, 0.1) is 0 Å². The topological polar surface area (TPSA) is 55.4 Å². The maximum Gasteiger partial charge on any atom is 0.407 e. The van der Waals surface area contributed by atoms with Crippen molar-refractivity contribution in [2.45, 2.75) is 32.9 Å². The van der Waals surface area contributed by atoms with Gasteiger partial charge in [-0.3, -0.25) is 4.79 Å². The van der Waals surface area contributed by atoms with E-state index >= 15 is 0 Å². The van der Waals surface area contributed by atoms with Crippen LogP contribution in [0.15, 0.2) is 36.4 Å². The number of carbonyl (C=O) groups excluding carboxylic acids is 2. The number of fused-ring (bicyclic) bond motifs is 1. The summed E-state index contributed by atoms with van der Waals surface area (Å²) in [5, 5.41) is 4.71. The lowest BCUT2D eigenvalue weighted by Crippen LogP contribution is -2.32. The van der Waals surface area contributed by atoms with Gasteiger partial charge >= 0.3 is 6.09 Å². The Hall–Kier alpha value is -2.36. The normalized spacial score (nSPS) is 11.2. The molecule has 4 heteroatoms. The molecule has 0 spiro atoms. The van der Waals surface area contributed by atoms with E-state index in [1.807, 2.05) is 36.4 Å². The molecule has 0 aliphatic rings. The van der Waals surface area contributed by atoms with Crippen LogP contribution in [-0.4, -0.2) is 18.0 Å². The summed E-state index contributed by atoms with van der Waals surface area (Å²) in [6.45, 7) is 5.67. The molecule has 0 aromatic heterocycles. The Morgan fingerprint density at radius 2 is 1.81 bits per heavy atom. The SMILES string of the molecule is CC(C)(C)OC(=O)NCc1cc2ccccc2cc1C=O. The summed E-state index contributed by atoms with van der Waals surface area (Å²) in [7, 11) is 0. The quantitative estimate of drug-likeness (QED) is 0.875. The van der Waals surface area contributed by atoms with Gasteiger partial charge in [-0.15, -0.1) is 0 Å². The van der Waals surface area contributed by atoms with Crippen molar-refractivity contribution in [3.63, 3.8) is 0 Å². The minimum atomic E-state index is -0.541. The largest absolute Gasteiger partial charge is 0.444 e. The monoisotopic (exact) mass is 285 g/mol. The molecule has 0 fully saturated rings. The smallest absolute Gasteiger partial charge is 0.407 e. The number of alkyl carbamates (subject to hydrolysis) is 1. The zero-order valence-corrected chi connectivity index (χ0v) is 12.5. The molecule has 21 heavy (non-hydrogen) atoms. The number of rotatable bonds is 3. The molecular weight excluding hydrogens is 266 g/mol. The summed E-state index contributed by atoms with van der Waals surface area (Å²) in [5.41, 5.74) is 0.806. The van der Waals surface area contributed by atoms with Gasteiger partial charge in [-0.05, 0) is 49.2 Å². The number of hydrogen-bond acceptors (Lipinski definition) is 3. The van der Waals surface area contributed by atoms with Crippen molar-refractivity contribution >= 4 is 23.2 Å². The number of benzene rings is 2. The molecule has 0 aliphatic carbocycles. The minimum absolute atomic E-state index is 0.258. The van der Waals surface area contributed by atoms with Crippen LogP contribution >= 0.6 is 0 Å². The Labute approximate surface area is 124 Å². The molecule has 0 aliphatic heterocycles. The highest BCUT2D eigenvalue weighted by molar-refractivity contribution is 5.90. The van der Waals surface area contributed by atoms with Gasteiger partial charge in [0.2, 0.25) is 0 Å². The van der Waals surface area contributed by atoms with Gasteiger partial charge in [0.15, 0.2) is 0 Å². The van der Waals surface area contributed by atoms with Crippen molar-refractivity contribution in [3.05, 3.63) is 47.5 Å². The molecule has 0 atom stereocenters. The fourth-order valence-electron chi connectivity index (χ4n) is 2.05. The fraction of sp³-hybridized carbons (Fsp3) is 0.294. The van der Waals surface area contributed by atoms with Crippen molar-refractivity contribution < 1.29 is 14.3 Å². The molecule has 0 radical (unpaired) electrons. The number of ether oxygens (including phenoxy) is 1. The zero-order chi connectivity index (χ0) is 15.5. The first-order valence-corrected chi connectivity index (χ1v) is 6.83. The molecule has 1 amide bonds. The molecule has 0 unspecified atom stereocenters. The van der Waals surface area contributed by atoms with Crippen molar-refractivity contribution in [3.8, 4) is 0 Å². The molecule has 0 heterocycles. The molecule has 0 saturated carbocycles. The third kappa shape index (κ3) is 4.05. The van der Waals surface area contributed by atoms with Gasteiger partial charge in [0, 0.05) is 12.1 Å². The summed E-state index contributed by atoms with van der Waals surface area (Å²) in [5.74, 6) is 0. The molecule has 2 aromatic rings. The first-order chi connectivity index (χ1) is 9.89. The van der Waals surface area contributed by atoms with Crippen molar-refractivity contribution in [1.82, 2.24) is 5.32 Å². The van der Waals surface area contributed by atoms with Crippen LogP contribution in [0.5, 0.6) is 0 Å². The van der Waals surface area contributed by atoms with E-state index in [1.165, 1.54) is 0 Å². The summed E-state index contributed by atoms with van der Waals surface area (Å²) < 4.78 is 5.18. The van der Waals surface area contributed by atoms with E-state index < -0.39 is 11.7 Å². The Kier molecular flexibility index (Phi) is 4.26. The number of carbonyl (C=O) groups is 2. The van der Waals surface area contributed by atoms with E-state index in [2.05, 4.69) is 5.32 Å². The summed E-state index contributed by atoms with van der Waals surface area (Å²) >= 11 is 0. The molecule has 2 aromatic carbocycles. The van der Waals surface area contributed by atoms with Crippen LogP contribution < -0.4 is 5.32 Å². The first kappa shape index (κ1) is 15.0. The molecule has 110 valence electrons. The molecule has 2 rings (SSSR count). The van der Waals surface area contributed by atoms with Gasteiger partial charge in [-0.25, -0.2) is 4.79 Å². The lowest BCUT2D eigenvalue weighted by Gasteiger charge is -2.20. The van der Waals surface area contributed by atoms with E-state index in [0.717, 1.165) is 22.6 Å². The Morgan fingerprint density at radius 1 is 1.19 bits per heavy atom. The summed E-state index contributed by atoms with van der Waals surface area (Å²) in [6, 6.07) is 11.5. The minimum Gasteiger partial charge on any atom is -0.444 e. The first-order valence-electron chi connectivity index (χ1n) is 6.83. The second-order valence-corrected chi connectivity index (χ2v) is 5.87. The van der Waals surface area contributed by atoms with Crippen LogP contribution in [0.25, 0.3) is 10.8 Å². The fourth-order valence-corrected chi connectivity index (χ4v) is 2.05. The lowest BCUT2D eigenvalue weighted by molar-refractivity contribution is 0.0523. The number of amides is 1. The highest BCUT2D eigenvalue weighted by Crippen LogP contribution is 2.19. The molecule has 0 bridgehead atoms. The third-order valence-electron chi connectivity index (χ3n) is 2.96. The number of nitrogens with one attached hydrogen (secondary N) is 1. The van der Waals surface area contributed by atoms with Gasteiger partial charge in [0.1, 0.15) is 11.9 Å². The second-order valence-electron chi connectivity index (χ2n) is 5.87. The van der Waals surface area contributed by atoms with E-state index in [1.54, 1.807) is 20.8 Å².